The molecule has 0 spiro atoms. The highest BCUT2D eigenvalue weighted by molar-refractivity contribution is 5.65. The summed E-state index contributed by atoms with van der Waals surface area (Å²) in [5.41, 5.74) is 2.26. The molecular formula is C24H28F2O. The van der Waals surface area contributed by atoms with Gasteiger partial charge in [-0.05, 0) is 74.1 Å². The van der Waals surface area contributed by atoms with Gasteiger partial charge in [0, 0.05) is 5.56 Å². The van der Waals surface area contributed by atoms with E-state index in [-0.39, 0.29) is 11.3 Å². The second-order valence-electron chi connectivity index (χ2n) is 7.35. The molecule has 0 heterocycles. The fraction of sp³-hybridized carbons (Fsp3) is 0.417. The normalized spacial score (nSPS) is 20.1. The number of rotatable bonds is 6. The Morgan fingerprint density at radius 1 is 0.963 bits per heavy atom. The Labute approximate surface area is 161 Å². The molecule has 27 heavy (non-hydrogen) atoms. The Morgan fingerprint density at radius 2 is 1.67 bits per heavy atom. The third kappa shape index (κ3) is 4.58. The summed E-state index contributed by atoms with van der Waals surface area (Å²) >= 11 is 0. The molecule has 0 N–H and O–H groups in total. The first-order valence-corrected chi connectivity index (χ1v) is 9.98. The second-order valence-corrected chi connectivity index (χ2v) is 7.35. The molecule has 0 aliphatic heterocycles. The van der Waals surface area contributed by atoms with Crippen molar-refractivity contribution in [1.82, 2.24) is 0 Å². The molecule has 2 aromatic rings. The van der Waals surface area contributed by atoms with Crippen molar-refractivity contribution < 1.29 is 13.5 Å². The highest BCUT2D eigenvalue weighted by atomic mass is 19.2. The Hall–Kier alpha value is -2.16. The highest BCUT2D eigenvalue weighted by Crippen LogP contribution is 2.37. The van der Waals surface area contributed by atoms with Crippen LogP contribution < -0.4 is 4.74 Å². The largest absolute Gasteiger partial charge is 0.490 e. The molecule has 144 valence electrons. The fourth-order valence-corrected chi connectivity index (χ4v) is 3.93. The van der Waals surface area contributed by atoms with Crippen molar-refractivity contribution in [1.29, 1.82) is 0 Å². The molecule has 3 heteroatoms. The minimum absolute atomic E-state index is 0.0207. The molecule has 0 radical (unpaired) electrons. The Kier molecular flexibility index (Phi) is 6.65. The minimum atomic E-state index is -0.910. The van der Waals surface area contributed by atoms with Crippen LogP contribution in [-0.4, -0.2) is 6.61 Å². The number of ether oxygens (including phenoxy) is 1. The van der Waals surface area contributed by atoms with Gasteiger partial charge in [-0.2, -0.15) is 4.39 Å². The monoisotopic (exact) mass is 370 g/mol. The van der Waals surface area contributed by atoms with Gasteiger partial charge in [-0.3, -0.25) is 0 Å². The quantitative estimate of drug-likeness (QED) is 0.486. The standard InChI is InChI=1S/C24H28F2O/c1-3-5-17-6-8-18(9-7-17)19-10-12-20(13-11-19)21-14-15-22(27-16-4-2)24(26)23(21)25/h3,5,10-15,17-18H,4,6-9,16H2,1-2H3/b5-3+. The molecule has 0 aromatic heterocycles. The SMILES string of the molecule is C/C=C/C1CCC(c2ccc(-c3ccc(OCCC)c(F)c3F)cc2)CC1. The van der Waals surface area contributed by atoms with Crippen LogP contribution in [0.2, 0.25) is 0 Å². The number of hydrogen-bond acceptors (Lipinski definition) is 1. The average Bonchev–Trinajstić information content (AvgIpc) is 2.70. The van der Waals surface area contributed by atoms with E-state index >= 15 is 0 Å². The molecule has 0 atom stereocenters. The van der Waals surface area contributed by atoms with Gasteiger partial charge in [0.25, 0.3) is 0 Å². The molecule has 1 nitrogen and oxygen atoms in total. The van der Waals surface area contributed by atoms with Gasteiger partial charge in [0.15, 0.2) is 11.6 Å². The maximum absolute atomic E-state index is 14.5. The van der Waals surface area contributed by atoms with Crippen LogP contribution in [0.25, 0.3) is 11.1 Å². The first kappa shape index (κ1) is 19.6. The number of hydrogen-bond donors (Lipinski definition) is 0. The van der Waals surface area contributed by atoms with E-state index in [1.807, 2.05) is 19.1 Å². The molecule has 0 bridgehead atoms. The lowest BCUT2D eigenvalue weighted by Gasteiger charge is -2.27. The van der Waals surface area contributed by atoms with Gasteiger partial charge in [0.1, 0.15) is 0 Å². The molecule has 0 saturated heterocycles. The summed E-state index contributed by atoms with van der Waals surface area (Å²) in [4.78, 5) is 0. The minimum Gasteiger partial charge on any atom is -0.490 e. The molecular weight excluding hydrogens is 342 g/mol. The number of halogens is 2. The number of benzene rings is 2. The number of allylic oxidation sites excluding steroid dienone is 2. The molecule has 1 fully saturated rings. The lowest BCUT2D eigenvalue weighted by atomic mass is 9.78. The van der Waals surface area contributed by atoms with Crippen molar-refractivity contribution in [3.05, 3.63) is 65.7 Å². The highest BCUT2D eigenvalue weighted by Gasteiger charge is 2.21. The van der Waals surface area contributed by atoms with Crippen LogP contribution in [0.3, 0.4) is 0 Å². The summed E-state index contributed by atoms with van der Waals surface area (Å²) in [5.74, 6) is -0.508. The van der Waals surface area contributed by atoms with Crippen LogP contribution in [0.5, 0.6) is 5.75 Å². The van der Waals surface area contributed by atoms with E-state index < -0.39 is 11.6 Å². The molecule has 1 saturated carbocycles. The van der Waals surface area contributed by atoms with Crippen LogP contribution >= 0.6 is 0 Å². The summed E-state index contributed by atoms with van der Waals surface area (Å²) in [6, 6.07) is 11.0. The van der Waals surface area contributed by atoms with Crippen molar-refractivity contribution in [2.75, 3.05) is 6.61 Å². The van der Waals surface area contributed by atoms with Crippen molar-refractivity contribution in [3.8, 4) is 16.9 Å². The summed E-state index contributed by atoms with van der Waals surface area (Å²) in [7, 11) is 0. The van der Waals surface area contributed by atoms with E-state index in [0.717, 1.165) is 6.42 Å². The predicted molar refractivity (Wildman–Crippen MR) is 107 cm³/mol. The van der Waals surface area contributed by atoms with Crippen LogP contribution in [0.1, 0.15) is 57.4 Å². The Balaban J connectivity index is 1.73. The van der Waals surface area contributed by atoms with Crippen molar-refractivity contribution >= 4 is 0 Å². The Morgan fingerprint density at radius 3 is 2.30 bits per heavy atom. The molecule has 0 unspecified atom stereocenters. The molecule has 1 aliphatic carbocycles. The maximum Gasteiger partial charge on any atom is 0.201 e. The maximum atomic E-state index is 14.5. The van der Waals surface area contributed by atoms with Gasteiger partial charge < -0.3 is 4.74 Å². The van der Waals surface area contributed by atoms with E-state index in [9.17, 15) is 8.78 Å². The third-order valence-electron chi connectivity index (χ3n) is 5.44. The predicted octanol–water partition coefficient (Wildman–Crippen LogP) is 7.27. The first-order valence-electron chi connectivity index (χ1n) is 9.98. The smallest absolute Gasteiger partial charge is 0.201 e. The van der Waals surface area contributed by atoms with Gasteiger partial charge in [0.05, 0.1) is 6.61 Å². The van der Waals surface area contributed by atoms with Crippen molar-refractivity contribution in [2.24, 2.45) is 5.92 Å². The zero-order chi connectivity index (χ0) is 19.2. The van der Waals surface area contributed by atoms with E-state index in [1.54, 1.807) is 6.07 Å². The van der Waals surface area contributed by atoms with Crippen molar-refractivity contribution in [2.45, 2.75) is 51.9 Å². The lowest BCUT2D eigenvalue weighted by Crippen LogP contribution is -2.11. The summed E-state index contributed by atoms with van der Waals surface area (Å²) in [5, 5.41) is 0. The summed E-state index contributed by atoms with van der Waals surface area (Å²) < 4.78 is 34.0. The Bertz CT molecular complexity index is 772. The molecule has 2 aromatic carbocycles. The average molecular weight is 370 g/mol. The van der Waals surface area contributed by atoms with Crippen LogP contribution in [0.15, 0.2) is 48.6 Å². The lowest BCUT2D eigenvalue weighted by molar-refractivity contribution is 0.295. The van der Waals surface area contributed by atoms with Crippen LogP contribution in [0.4, 0.5) is 8.78 Å². The second kappa shape index (κ2) is 9.16. The zero-order valence-corrected chi connectivity index (χ0v) is 16.2. The van der Waals surface area contributed by atoms with E-state index in [2.05, 4.69) is 31.2 Å². The molecule has 3 rings (SSSR count). The summed E-state index contributed by atoms with van der Waals surface area (Å²) in [6.07, 6.45) is 10.0. The van der Waals surface area contributed by atoms with Crippen LogP contribution in [0, 0.1) is 17.6 Å². The topological polar surface area (TPSA) is 9.23 Å². The first-order chi connectivity index (χ1) is 13.1. The van der Waals surface area contributed by atoms with Gasteiger partial charge in [-0.1, -0.05) is 43.3 Å². The van der Waals surface area contributed by atoms with Crippen molar-refractivity contribution in [3.63, 3.8) is 0 Å². The molecule has 1 aliphatic rings. The van der Waals surface area contributed by atoms with Gasteiger partial charge in [-0.25, -0.2) is 4.39 Å². The van der Waals surface area contributed by atoms with E-state index in [1.165, 1.54) is 37.3 Å². The third-order valence-corrected chi connectivity index (χ3v) is 5.44. The van der Waals surface area contributed by atoms with Gasteiger partial charge in [0.2, 0.25) is 5.82 Å². The van der Waals surface area contributed by atoms with Gasteiger partial charge in [-0.15, -0.1) is 0 Å². The van der Waals surface area contributed by atoms with Gasteiger partial charge >= 0.3 is 0 Å². The summed E-state index contributed by atoms with van der Waals surface area (Å²) in [6.45, 7) is 4.38. The van der Waals surface area contributed by atoms with E-state index in [4.69, 9.17) is 4.74 Å². The van der Waals surface area contributed by atoms with E-state index in [0.29, 0.717) is 24.0 Å². The zero-order valence-electron chi connectivity index (χ0n) is 16.2. The van der Waals surface area contributed by atoms with Crippen LogP contribution in [-0.2, 0) is 0 Å². The fourth-order valence-electron chi connectivity index (χ4n) is 3.93. The molecule has 0 amide bonds.